The number of carbonyl (C=O) groups excluding carboxylic acids is 2. The Labute approximate surface area is 166 Å². The molecule has 2 aromatic heterocycles. The van der Waals surface area contributed by atoms with Crippen LogP contribution < -0.4 is 16.0 Å². The molecule has 1 saturated carbocycles. The molecule has 0 spiro atoms. The molecule has 4 N–H and O–H groups in total. The van der Waals surface area contributed by atoms with E-state index in [2.05, 4.69) is 31.1 Å². The van der Waals surface area contributed by atoms with E-state index in [9.17, 15) is 9.59 Å². The molecule has 3 heterocycles. The fraction of sp³-hybridized carbons (Fsp3) is 0.444. The van der Waals surface area contributed by atoms with Crippen molar-refractivity contribution in [2.24, 2.45) is 0 Å². The number of carbonyl (C=O) groups is 2. The number of amides is 2. The predicted molar refractivity (Wildman–Crippen MR) is 103 cm³/mol. The molecule has 1 aliphatic heterocycles. The van der Waals surface area contributed by atoms with Crippen LogP contribution in [0.3, 0.4) is 0 Å². The van der Waals surface area contributed by atoms with Crippen LogP contribution >= 0.6 is 11.6 Å². The molecule has 0 saturated heterocycles. The van der Waals surface area contributed by atoms with Gasteiger partial charge in [-0.1, -0.05) is 11.6 Å². The largest absolute Gasteiger partial charge is 0.446 e. The van der Waals surface area contributed by atoms with Gasteiger partial charge < -0.3 is 20.7 Å². The fourth-order valence-corrected chi connectivity index (χ4v) is 3.72. The third-order valence-corrected chi connectivity index (χ3v) is 5.10. The Bertz CT molecular complexity index is 886. The first-order valence-electron chi connectivity index (χ1n) is 9.29. The van der Waals surface area contributed by atoms with Crippen molar-refractivity contribution < 1.29 is 14.3 Å². The maximum Gasteiger partial charge on any atom is 0.407 e. The van der Waals surface area contributed by atoms with Crippen molar-refractivity contribution in [2.45, 2.75) is 37.7 Å². The van der Waals surface area contributed by atoms with Crippen LogP contribution in [-0.2, 0) is 4.74 Å². The van der Waals surface area contributed by atoms with Crippen molar-refractivity contribution in [1.29, 1.82) is 0 Å². The molecular formula is C18H21ClN6O3. The summed E-state index contributed by atoms with van der Waals surface area (Å²) in [6, 6.07) is 5.04. The summed E-state index contributed by atoms with van der Waals surface area (Å²) in [5, 5.41) is 16.3. The summed E-state index contributed by atoms with van der Waals surface area (Å²) < 4.78 is 5.49. The molecule has 2 amide bonds. The van der Waals surface area contributed by atoms with Gasteiger partial charge in [0.25, 0.3) is 5.91 Å². The van der Waals surface area contributed by atoms with Gasteiger partial charge in [0, 0.05) is 35.8 Å². The summed E-state index contributed by atoms with van der Waals surface area (Å²) in [5.74, 6) is 0.930. The molecule has 1 fully saturated rings. The van der Waals surface area contributed by atoms with Crippen molar-refractivity contribution in [1.82, 2.24) is 25.8 Å². The Balaban J connectivity index is 1.58. The molecule has 2 atom stereocenters. The van der Waals surface area contributed by atoms with Crippen molar-refractivity contribution in [3.05, 3.63) is 34.6 Å². The number of halogens is 1. The number of nitrogens with zero attached hydrogens (tertiary/aromatic N) is 2. The SMILES string of the molecule is O=C1NCCCNC(=O)c2cc(Cl)cc(n2)Nc2cc([nH]n2)[C@H]2CC[C@H](C2)O1. The molecule has 148 valence electrons. The molecule has 10 heteroatoms. The van der Waals surface area contributed by atoms with Crippen molar-refractivity contribution in [3.63, 3.8) is 0 Å². The Morgan fingerprint density at radius 3 is 2.82 bits per heavy atom. The predicted octanol–water partition coefficient (Wildman–Crippen LogP) is 2.70. The van der Waals surface area contributed by atoms with E-state index in [0.29, 0.717) is 36.2 Å². The molecule has 2 aromatic rings. The minimum atomic E-state index is -0.425. The van der Waals surface area contributed by atoms with Crippen LogP contribution in [0.25, 0.3) is 0 Å². The van der Waals surface area contributed by atoms with E-state index in [0.717, 1.165) is 25.0 Å². The lowest BCUT2D eigenvalue weighted by Crippen LogP contribution is -2.32. The maximum absolute atomic E-state index is 12.3. The van der Waals surface area contributed by atoms with Gasteiger partial charge in [-0.25, -0.2) is 9.78 Å². The number of pyridine rings is 1. The third kappa shape index (κ3) is 4.36. The molecule has 0 radical (unpaired) electrons. The van der Waals surface area contributed by atoms with Crippen molar-refractivity contribution >= 4 is 35.2 Å². The number of nitrogens with one attached hydrogen (secondary N) is 4. The number of fused-ring (bicyclic) bond motifs is 7. The lowest BCUT2D eigenvalue weighted by Gasteiger charge is -2.13. The molecule has 28 heavy (non-hydrogen) atoms. The lowest BCUT2D eigenvalue weighted by atomic mass is 10.0. The molecule has 9 nitrogen and oxygen atoms in total. The average Bonchev–Trinajstić information content (AvgIpc) is 3.29. The highest BCUT2D eigenvalue weighted by atomic mass is 35.5. The zero-order valence-corrected chi connectivity index (χ0v) is 15.9. The standard InChI is InChI=1S/C18H21ClN6O3/c19-11-7-14-17(26)20-4-1-5-21-18(27)28-12-3-2-10(6-12)13-9-16(25-24-13)23-15(8-11)22-14/h7-10,12H,1-6H2,(H,20,26)(H,21,27)(H2,22,23,24,25)/t10-,12+/m0/s1. The first-order valence-corrected chi connectivity index (χ1v) is 9.67. The Morgan fingerprint density at radius 2 is 1.93 bits per heavy atom. The topological polar surface area (TPSA) is 121 Å². The highest BCUT2D eigenvalue weighted by Gasteiger charge is 2.30. The van der Waals surface area contributed by atoms with Gasteiger partial charge in [0.15, 0.2) is 5.82 Å². The highest BCUT2D eigenvalue weighted by molar-refractivity contribution is 6.31. The second-order valence-electron chi connectivity index (χ2n) is 6.96. The number of rotatable bonds is 0. The van der Waals surface area contributed by atoms with E-state index in [1.165, 1.54) is 6.07 Å². The molecule has 2 aliphatic rings. The van der Waals surface area contributed by atoms with E-state index in [-0.39, 0.29) is 23.6 Å². The molecule has 0 aromatic carbocycles. The van der Waals surface area contributed by atoms with Crippen LogP contribution in [0.15, 0.2) is 18.2 Å². The summed E-state index contributed by atoms with van der Waals surface area (Å²) in [7, 11) is 0. The minimum Gasteiger partial charge on any atom is -0.446 e. The van der Waals surface area contributed by atoms with Gasteiger partial charge in [0.2, 0.25) is 0 Å². The van der Waals surface area contributed by atoms with Gasteiger partial charge in [-0.15, -0.1) is 0 Å². The first-order chi connectivity index (χ1) is 13.6. The second-order valence-corrected chi connectivity index (χ2v) is 7.40. The number of ether oxygens (including phenoxy) is 1. The Hall–Kier alpha value is -2.81. The highest BCUT2D eigenvalue weighted by Crippen LogP contribution is 2.36. The van der Waals surface area contributed by atoms with Crippen molar-refractivity contribution in [3.8, 4) is 0 Å². The van der Waals surface area contributed by atoms with Crippen LogP contribution in [0, 0.1) is 0 Å². The van der Waals surface area contributed by atoms with E-state index in [1.807, 2.05) is 6.07 Å². The molecule has 1 aliphatic carbocycles. The van der Waals surface area contributed by atoms with Gasteiger partial charge in [0.1, 0.15) is 17.6 Å². The zero-order chi connectivity index (χ0) is 19.5. The lowest BCUT2D eigenvalue weighted by molar-refractivity contribution is 0.0948. The zero-order valence-electron chi connectivity index (χ0n) is 15.1. The summed E-state index contributed by atoms with van der Waals surface area (Å²) in [6.07, 6.45) is 2.52. The summed E-state index contributed by atoms with van der Waals surface area (Å²) in [6.45, 7) is 0.805. The average molecular weight is 405 g/mol. The first kappa shape index (κ1) is 18.5. The van der Waals surface area contributed by atoms with Crippen LogP contribution in [-0.4, -0.2) is 46.4 Å². The number of anilines is 2. The van der Waals surface area contributed by atoms with Gasteiger partial charge in [-0.05, 0) is 37.8 Å². The smallest absolute Gasteiger partial charge is 0.407 e. The summed E-state index contributed by atoms with van der Waals surface area (Å²) >= 11 is 6.14. The maximum atomic E-state index is 12.3. The number of alkyl carbamates (subject to hydrolysis) is 1. The van der Waals surface area contributed by atoms with E-state index >= 15 is 0 Å². The fourth-order valence-electron chi connectivity index (χ4n) is 3.51. The van der Waals surface area contributed by atoms with E-state index in [4.69, 9.17) is 16.3 Å². The number of hydrogen-bond acceptors (Lipinski definition) is 6. The minimum absolute atomic E-state index is 0.111. The molecule has 4 rings (SSSR count). The van der Waals surface area contributed by atoms with Gasteiger partial charge >= 0.3 is 6.09 Å². The van der Waals surface area contributed by atoms with Crippen LogP contribution in [0.5, 0.6) is 0 Å². The Morgan fingerprint density at radius 1 is 1.07 bits per heavy atom. The summed E-state index contributed by atoms with van der Waals surface area (Å²) in [4.78, 5) is 28.6. The summed E-state index contributed by atoms with van der Waals surface area (Å²) in [5.41, 5.74) is 1.17. The van der Waals surface area contributed by atoms with Gasteiger partial charge in [-0.2, -0.15) is 5.10 Å². The number of aromatic nitrogens is 3. The normalized spacial score (nSPS) is 22.9. The van der Waals surface area contributed by atoms with Crippen LogP contribution in [0.1, 0.15) is 47.8 Å². The van der Waals surface area contributed by atoms with E-state index < -0.39 is 6.09 Å². The van der Waals surface area contributed by atoms with Gasteiger partial charge in [0.05, 0.1) is 0 Å². The second kappa shape index (κ2) is 8.05. The van der Waals surface area contributed by atoms with E-state index in [1.54, 1.807) is 6.07 Å². The third-order valence-electron chi connectivity index (χ3n) is 4.88. The van der Waals surface area contributed by atoms with Crippen LogP contribution in [0.4, 0.5) is 16.4 Å². The number of H-pyrrole nitrogens is 1. The van der Waals surface area contributed by atoms with Crippen molar-refractivity contribution in [2.75, 3.05) is 18.4 Å². The molecule has 6 bridgehead atoms. The quantitative estimate of drug-likeness (QED) is 0.535. The Kier molecular flexibility index (Phi) is 5.34. The molecule has 0 unspecified atom stereocenters. The van der Waals surface area contributed by atoms with Crippen LogP contribution in [0.2, 0.25) is 5.02 Å². The monoisotopic (exact) mass is 404 g/mol. The molecular weight excluding hydrogens is 384 g/mol. The number of hydrogen-bond donors (Lipinski definition) is 4. The van der Waals surface area contributed by atoms with Gasteiger partial charge in [-0.3, -0.25) is 9.89 Å². The number of aromatic amines is 1.